The van der Waals surface area contributed by atoms with Gasteiger partial charge in [-0.3, -0.25) is 0 Å². The van der Waals surface area contributed by atoms with E-state index in [0.717, 1.165) is 18.4 Å². The maximum Gasteiger partial charge on any atom is 0.354 e. The molecule has 4 nitrogen and oxygen atoms in total. The number of hydrogen-bond acceptors (Lipinski definition) is 3. The fourth-order valence-electron chi connectivity index (χ4n) is 1.44. The standard InChI is InChI=1S/C10H11NO3/c1-14-9-4-8(10(12)13)11-5-7(9)6-2-3-6/h4-6H,2-3H2,1H3,(H,12,13). The Kier molecular flexibility index (Phi) is 2.11. The van der Waals surface area contributed by atoms with Crippen LogP contribution in [0.1, 0.15) is 34.8 Å². The Labute approximate surface area is 81.5 Å². The van der Waals surface area contributed by atoms with Crippen molar-refractivity contribution in [1.29, 1.82) is 0 Å². The molecule has 0 amide bonds. The van der Waals surface area contributed by atoms with Crippen LogP contribution < -0.4 is 4.74 Å². The van der Waals surface area contributed by atoms with E-state index in [1.54, 1.807) is 13.3 Å². The largest absolute Gasteiger partial charge is 0.496 e. The summed E-state index contributed by atoms with van der Waals surface area (Å²) in [5.74, 6) is 0.130. The highest BCUT2D eigenvalue weighted by molar-refractivity contribution is 5.85. The van der Waals surface area contributed by atoms with Crippen molar-refractivity contribution in [3.8, 4) is 5.75 Å². The van der Waals surface area contributed by atoms with Crippen LogP contribution in [0, 0.1) is 0 Å². The number of ether oxygens (including phenoxy) is 1. The molecule has 0 aromatic carbocycles. The second-order valence-corrected chi connectivity index (χ2v) is 3.39. The predicted octanol–water partition coefficient (Wildman–Crippen LogP) is 1.67. The third-order valence-corrected chi connectivity index (χ3v) is 2.35. The van der Waals surface area contributed by atoms with E-state index < -0.39 is 5.97 Å². The molecule has 1 aromatic heterocycles. The number of rotatable bonds is 3. The summed E-state index contributed by atoms with van der Waals surface area (Å²) in [7, 11) is 1.55. The molecule has 1 heterocycles. The first kappa shape index (κ1) is 8.99. The number of aromatic carboxylic acids is 1. The summed E-state index contributed by atoms with van der Waals surface area (Å²) < 4.78 is 5.13. The van der Waals surface area contributed by atoms with E-state index in [4.69, 9.17) is 9.84 Å². The van der Waals surface area contributed by atoms with Gasteiger partial charge in [0.1, 0.15) is 5.75 Å². The van der Waals surface area contributed by atoms with Gasteiger partial charge in [0.05, 0.1) is 7.11 Å². The molecule has 1 aromatic rings. The minimum Gasteiger partial charge on any atom is -0.496 e. The fourth-order valence-corrected chi connectivity index (χ4v) is 1.44. The lowest BCUT2D eigenvalue weighted by atomic mass is 10.1. The van der Waals surface area contributed by atoms with Crippen LogP contribution in [0.3, 0.4) is 0 Å². The number of nitrogens with zero attached hydrogens (tertiary/aromatic N) is 1. The molecule has 0 unspecified atom stereocenters. The first-order valence-electron chi connectivity index (χ1n) is 4.49. The van der Waals surface area contributed by atoms with Gasteiger partial charge in [0.25, 0.3) is 0 Å². The van der Waals surface area contributed by atoms with Crippen molar-refractivity contribution >= 4 is 5.97 Å². The van der Waals surface area contributed by atoms with Crippen LogP contribution >= 0.6 is 0 Å². The molecule has 1 fully saturated rings. The highest BCUT2D eigenvalue weighted by Gasteiger charge is 2.27. The SMILES string of the molecule is COc1cc(C(=O)O)ncc1C1CC1. The van der Waals surface area contributed by atoms with Gasteiger partial charge in [-0.05, 0) is 18.8 Å². The van der Waals surface area contributed by atoms with E-state index in [9.17, 15) is 4.79 Å². The molecule has 0 atom stereocenters. The van der Waals surface area contributed by atoms with E-state index in [2.05, 4.69) is 4.98 Å². The number of methoxy groups -OCH3 is 1. The van der Waals surface area contributed by atoms with Crippen LogP contribution in [-0.2, 0) is 0 Å². The summed E-state index contributed by atoms with van der Waals surface area (Å²) in [4.78, 5) is 14.5. The van der Waals surface area contributed by atoms with Gasteiger partial charge in [-0.15, -0.1) is 0 Å². The fraction of sp³-hybridized carbons (Fsp3) is 0.400. The maximum atomic E-state index is 10.6. The van der Waals surface area contributed by atoms with Crippen molar-refractivity contribution in [1.82, 2.24) is 4.98 Å². The average molecular weight is 193 g/mol. The van der Waals surface area contributed by atoms with Crippen LogP contribution in [0.5, 0.6) is 5.75 Å². The Morgan fingerprint density at radius 3 is 2.86 bits per heavy atom. The summed E-state index contributed by atoms with van der Waals surface area (Å²) in [5, 5.41) is 8.73. The lowest BCUT2D eigenvalue weighted by molar-refractivity contribution is 0.0690. The Hall–Kier alpha value is -1.58. The van der Waals surface area contributed by atoms with Crippen molar-refractivity contribution in [2.45, 2.75) is 18.8 Å². The predicted molar refractivity (Wildman–Crippen MR) is 49.7 cm³/mol. The third-order valence-electron chi connectivity index (χ3n) is 2.35. The van der Waals surface area contributed by atoms with Gasteiger partial charge in [0.2, 0.25) is 0 Å². The second-order valence-electron chi connectivity index (χ2n) is 3.39. The molecule has 0 bridgehead atoms. The molecule has 2 rings (SSSR count). The zero-order chi connectivity index (χ0) is 10.1. The molecular formula is C10H11NO3. The van der Waals surface area contributed by atoms with Crippen LogP contribution in [0.15, 0.2) is 12.3 Å². The van der Waals surface area contributed by atoms with Crippen molar-refractivity contribution in [3.05, 3.63) is 23.5 Å². The quantitative estimate of drug-likeness (QED) is 0.793. The summed E-state index contributed by atoms with van der Waals surface area (Å²) in [5.41, 5.74) is 1.06. The molecule has 0 radical (unpaired) electrons. The van der Waals surface area contributed by atoms with E-state index in [1.165, 1.54) is 6.07 Å². The van der Waals surface area contributed by atoms with E-state index in [-0.39, 0.29) is 5.69 Å². The smallest absolute Gasteiger partial charge is 0.354 e. The van der Waals surface area contributed by atoms with Gasteiger partial charge in [-0.2, -0.15) is 0 Å². The van der Waals surface area contributed by atoms with Crippen LogP contribution in [0.2, 0.25) is 0 Å². The van der Waals surface area contributed by atoms with Crippen LogP contribution in [-0.4, -0.2) is 23.2 Å². The normalized spacial score (nSPS) is 15.2. The van der Waals surface area contributed by atoms with Crippen molar-refractivity contribution in [2.75, 3.05) is 7.11 Å². The minimum atomic E-state index is -1.02. The Bertz CT molecular complexity index is 372. The molecule has 0 spiro atoms. The summed E-state index contributed by atoms with van der Waals surface area (Å²) in [6.07, 6.45) is 3.90. The first-order chi connectivity index (χ1) is 6.72. The monoisotopic (exact) mass is 193 g/mol. The van der Waals surface area contributed by atoms with Gasteiger partial charge in [0.15, 0.2) is 5.69 Å². The van der Waals surface area contributed by atoms with E-state index in [0.29, 0.717) is 11.7 Å². The number of carbonyl (C=O) groups is 1. The van der Waals surface area contributed by atoms with Gasteiger partial charge in [-0.1, -0.05) is 0 Å². The number of hydrogen-bond donors (Lipinski definition) is 1. The van der Waals surface area contributed by atoms with E-state index in [1.807, 2.05) is 0 Å². The highest BCUT2D eigenvalue weighted by atomic mass is 16.5. The third kappa shape index (κ3) is 1.55. The Balaban J connectivity index is 2.38. The van der Waals surface area contributed by atoms with Crippen molar-refractivity contribution in [2.24, 2.45) is 0 Å². The number of aromatic nitrogens is 1. The lowest BCUT2D eigenvalue weighted by Gasteiger charge is -2.06. The molecule has 1 N–H and O–H groups in total. The van der Waals surface area contributed by atoms with Crippen LogP contribution in [0.4, 0.5) is 0 Å². The van der Waals surface area contributed by atoms with Gasteiger partial charge in [-0.25, -0.2) is 9.78 Å². The molecule has 1 aliphatic carbocycles. The summed E-state index contributed by atoms with van der Waals surface area (Å²) in [6.45, 7) is 0. The average Bonchev–Trinajstić information content (AvgIpc) is 3.00. The van der Waals surface area contributed by atoms with Gasteiger partial charge in [0, 0.05) is 17.8 Å². The summed E-state index contributed by atoms with van der Waals surface area (Å²) in [6, 6.07) is 1.48. The highest BCUT2D eigenvalue weighted by Crippen LogP contribution is 2.43. The molecule has 74 valence electrons. The topological polar surface area (TPSA) is 59.4 Å². The maximum absolute atomic E-state index is 10.6. The second kappa shape index (κ2) is 3.29. The first-order valence-corrected chi connectivity index (χ1v) is 4.49. The number of carboxylic acids is 1. The molecule has 1 aliphatic rings. The zero-order valence-electron chi connectivity index (χ0n) is 7.86. The van der Waals surface area contributed by atoms with Gasteiger partial charge >= 0.3 is 5.97 Å². The molecule has 1 saturated carbocycles. The minimum absolute atomic E-state index is 0.0336. The summed E-state index contributed by atoms with van der Waals surface area (Å²) >= 11 is 0. The number of carboxylic acid groups (broad SMARTS) is 1. The molecule has 0 aliphatic heterocycles. The van der Waals surface area contributed by atoms with Crippen molar-refractivity contribution < 1.29 is 14.6 Å². The number of pyridine rings is 1. The molecule has 14 heavy (non-hydrogen) atoms. The molecular weight excluding hydrogens is 182 g/mol. The van der Waals surface area contributed by atoms with Crippen molar-refractivity contribution in [3.63, 3.8) is 0 Å². The Morgan fingerprint density at radius 1 is 1.64 bits per heavy atom. The lowest BCUT2D eigenvalue weighted by Crippen LogP contribution is -2.02. The van der Waals surface area contributed by atoms with Gasteiger partial charge < -0.3 is 9.84 Å². The Morgan fingerprint density at radius 2 is 2.36 bits per heavy atom. The van der Waals surface area contributed by atoms with E-state index >= 15 is 0 Å². The zero-order valence-corrected chi connectivity index (χ0v) is 7.86. The molecule has 4 heteroatoms. The molecule has 0 saturated heterocycles. The van der Waals surface area contributed by atoms with Crippen LogP contribution in [0.25, 0.3) is 0 Å².